The average molecular weight is 317 g/mol. The van der Waals surface area contributed by atoms with Crippen LogP contribution in [-0.2, 0) is 0 Å². The fourth-order valence-electron chi connectivity index (χ4n) is 2.15. The Morgan fingerprint density at radius 2 is 2.24 bits per heavy atom. The molecule has 1 atom stereocenters. The van der Waals surface area contributed by atoms with Gasteiger partial charge in [-0.2, -0.15) is 0 Å². The molecule has 92 valence electrons. The standard InChI is InChI=1S/C12H15BrClN3/c1-7(2)17-11(6-16-12(17)15)9-5-8(14)3-4-10(9)13/h3-5,7,11H,6H2,1-2H3,(H2,15,16). The maximum absolute atomic E-state index is 6.05. The van der Waals surface area contributed by atoms with Crippen LogP contribution in [0.2, 0.25) is 5.02 Å². The molecule has 5 heteroatoms. The minimum Gasteiger partial charge on any atom is -0.370 e. The summed E-state index contributed by atoms with van der Waals surface area (Å²) in [7, 11) is 0. The quantitative estimate of drug-likeness (QED) is 0.910. The Morgan fingerprint density at radius 1 is 1.53 bits per heavy atom. The van der Waals surface area contributed by atoms with E-state index < -0.39 is 0 Å². The van der Waals surface area contributed by atoms with E-state index >= 15 is 0 Å². The molecule has 1 aromatic rings. The fourth-order valence-corrected chi connectivity index (χ4v) is 2.84. The molecule has 0 spiro atoms. The van der Waals surface area contributed by atoms with Crippen LogP contribution in [0.1, 0.15) is 25.5 Å². The van der Waals surface area contributed by atoms with E-state index in [-0.39, 0.29) is 6.04 Å². The van der Waals surface area contributed by atoms with E-state index in [9.17, 15) is 0 Å². The SMILES string of the molecule is CC(C)N1C(N)=NCC1c1cc(Cl)ccc1Br. The maximum Gasteiger partial charge on any atom is 0.192 e. The number of halogens is 2. The van der Waals surface area contributed by atoms with Crippen LogP contribution in [0.4, 0.5) is 0 Å². The van der Waals surface area contributed by atoms with Crippen molar-refractivity contribution in [2.75, 3.05) is 6.54 Å². The van der Waals surface area contributed by atoms with Crippen LogP contribution in [0.25, 0.3) is 0 Å². The van der Waals surface area contributed by atoms with E-state index in [0.29, 0.717) is 18.5 Å². The van der Waals surface area contributed by atoms with E-state index in [1.807, 2.05) is 18.2 Å². The first-order valence-corrected chi connectivity index (χ1v) is 6.71. The van der Waals surface area contributed by atoms with Crippen LogP contribution in [0.15, 0.2) is 27.7 Å². The van der Waals surface area contributed by atoms with Crippen molar-refractivity contribution in [1.29, 1.82) is 0 Å². The number of aliphatic imine (C=N–C) groups is 1. The Labute approximate surface area is 115 Å². The van der Waals surface area contributed by atoms with Gasteiger partial charge in [-0.25, -0.2) is 0 Å². The average Bonchev–Trinajstić information content (AvgIpc) is 2.64. The number of nitrogens with two attached hydrogens (primary N) is 1. The lowest BCUT2D eigenvalue weighted by atomic mass is 10.1. The van der Waals surface area contributed by atoms with Crippen LogP contribution >= 0.6 is 27.5 Å². The van der Waals surface area contributed by atoms with Gasteiger partial charge in [0.2, 0.25) is 0 Å². The second-order valence-corrected chi connectivity index (χ2v) is 5.67. The monoisotopic (exact) mass is 315 g/mol. The van der Waals surface area contributed by atoms with Gasteiger partial charge in [-0.05, 0) is 37.6 Å². The van der Waals surface area contributed by atoms with Gasteiger partial charge in [0, 0.05) is 15.5 Å². The molecule has 1 aliphatic heterocycles. The summed E-state index contributed by atoms with van der Waals surface area (Å²) in [6.07, 6.45) is 0. The summed E-state index contributed by atoms with van der Waals surface area (Å²) in [5.41, 5.74) is 7.06. The van der Waals surface area contributed by atoms with Crippen molar-refractivity contribution in [3.05, 3.63) is 33.3 Å². The first-order valence-electron chi connectivity index (χ1n) is 5.54. The molecular formula is C12H15BrClN3. The first-order chi connectivity index (χ1) is 8.00. The van der Waals surface area contributed by atoms with Gasteiger partial charge in [0.15, 0.2) is 5.96 Å². The van der Waals surface area contributed by atoms with E-state index in [1.54, 1.807) is 0 Å². The van der Waals surface area contributed by atoms with Gasteiger partial charge in [-0.15, -0.1) is 0 Å². The lowest BCUT2D eigenvalue weighted by Gasteiger charge is -2.31. The molecule has 0 amide bonds. The van der Waals surface area contributed by atoms with Crippen molar-refractivity contribution in [3.63, 3.8) is 0 Å². The predicted molar refractivity (Wildman–Crippen MR) is 75.4 cm³/mol. The van der Waals surface area contributed by atoms with Gasteiger partial charge in [0.1, 0.15) is 0 Å². The number of nitrogens with zero attached hydrogens (tertiary/aromatic N) is 2. The van der Waals surface area contributed by atoms with Crippen LogP contribution in [-0.4, -0.2) is 23.4 Å². The Kier molecular flexibility index (Phi) is 3.64. The van der Waals surface area contributed by atoms with Crippen molar-refractivity contribution in [2.45, 2.75) is 25.9 Å². The zero-order valence-corrected chi connectivity index (χ0v) is 12.2. The highest BCUT2D eigenvalue weighted by atomic mass is 79.9. The minimum absolute atomic E-state index is 0.170. The molecule has 0 bridgehead atoms. The van der Waals surface area contributed by atoms with Gasteiger partial charge in [-0.1, -0.05) is 27.5 Å². The van der Waals surface area contributed by atoms with Crippen molar-refractivity contribution < 1.29 is 0 Å². The second kappa shape index (κ2) is 4.86. The van der Waals surface area contributed by atoms with Gasteiger partial charge in [-0.3, -0.25) is 4.99 Å². The molecule has 0 saturated carbocycles. The molecule has 1 aliphatic rings. The van der Waals surface area contributed by atoms with Crippen molar-refractivity contribution in [3.8, 4) is 0 Å². The van der Waals surface area contributed by atoms with Crippen LogP contribution in [0.5, 0.6) is 0 Å². The van der Waals surface area contributed by atoms with Gasteiger partial charge in [0.25, 0.3) is 0 Å². The molecular weight excluding hydrogens is 302 g/mol. The van der Waals surface area contributed by atoms with Gasteiger partial charge >= 0.3 is 0 Å². The summed E-state index contributed by atoms with van der Waals surface area (Å²) >= 11 is 9.61. The largest absolute Gasteiger partial charge is 0.370 e. The predicted octanol–water partition coefficient (Wildman–Crippen LogP) is 3.18. The molecule has 2 rings (SSSR count). The molecule has 0 saturated heterocycles. The third kappa shape index (κ3) is 2.43. The Morgan fingerprint density at radius 3 is 2.88 bits per heavy atom. The molecule has 1 heterocycles. The third-order valence-corrected chi connectivity index (χ3v) is 3.86. The lowest BCUT2D eigenvalue weighted by molar-refractivity contribution is 0.289. The highest BCUT2D eigenvalue weighted by molar-refractivity contribution is 9.10. The van der Waals surface area contributed by atoms with Crippen molar-refractivity contribution >= 4 is 33.5 Å². The Balaban J connectivity index is 2.37. The van der Waals surface area contributed by atoms with Crippen LogP contribution in [0.3, 0.4) is 0 Å². The highest BCUT2D eigenvalue weighted by Crippen LogP contribution is 2.34. The molecule has 1 unspecified atom stereocenters. The zero-order chi connectivity index (χ0) is 12.6. The number of hydrogen-bond donors (Lipinski definition) is 1. The van der Waals surface area contributed by atoms with E-state index in [4.69, 9.17) is 17.3 Å². The van der Waals surface area contributed by atoms with Crippen LogP contribution in [0, 0.1) is 0 Å². The number of rotatable bonds is 2. The lowest BCUT2D eigenvalue weighted by Crippen LogP contribution is -2.41. The first kappa shape index (κ1) is 12.7. The maximum atomic E-state index is 6.05. The number of guanidine groups is 1. The molecule has 0 radical (unpaired) electrons. The summed E-state index contributed by atoms with van der Waals surface area (Å²) in [6, 6.07) is 6.29. The summed E-state index contributed by atoms with van der Waals surface area (Å²) < 4.78 is 1.04. The Hall–Kier alpha value is -0.740. The van der Waals surface area contributed by atoms with E-state index in [0.717, 1.165) is 15.1 Å². The van der Waals surface area contributed by atoms with Crippen molar-refractivity contribution in [2.24, 2.45) is 10.7 Å². The van der Waals surface area contributed by atoms with Crippen molar-refractivity contribution in [1.82, 2.24) is 4.90 Å². The number of hydrogen-bond acceptors (Lipinski definition) is 3. The Bertz CT molecular complexity index is 459. The summed E-state index contributed by atoms with van der Waals surface area (Å²) in [5.74, 6) is 0.608. The molecule has 0 aliphatic carbocycles. The topological polar surface area (TPSA) is 41.6 Å². The van der Waals surface area contributed by atoms with Crippen LogP contribution < -0.4 is 5.73 Å². The molecule has 0 aromatic heterocycles. The molecule has 2 N–H and O–H groups in total. The smallest absolute Gasteiger partial charge is 0.192 e. The second-order valence-electron chi connectivity index (χ2n) is 4.38. The van der Waals surface area contributed by atoms with E-state index in [1.165, 1.54) is 0 Å². The molecule has 17 heavy (non-hydrogen) atoms. The number of benzene rings is 1. The zero-order valence-electron chi connectivity index (χ0n) is 9.82. The van der Waals surface area contributed by atoms with Gasteiger partial charge < -0.3 is 10.6 Å². The van der Waals surface area contributed by atoms with Gasteiger partial charge in [0.05, 0.1) is 12.6 Å². The summed E-state index contributed by atoms with van der Waals surface area (Å²) in [6.45, 7) is 4.90. The normalized spacial score (nSPS) is 19.9. The summed E-state index contributed by atoms with van der Waals surface area (Å²) in [4.78, 5) is 6.45. The molecule has 0 fully saturated rings. The highest BCUT2D eigenvalue weighted by Gasteiger charge is 2.30. The fraction of sp³-hybridized carbons (Fsp3) is 0.417. The van der Waals surface area contributed by atoms with E-state index in [2.05, 4.69) is 39.7 Å². The molecule has 3 nitrogen and oxygen atoms in total. The molecule has 1 aromatic carbocycles. The minimum atomic E-state index is 0.170. The summed E-state index contributed by atoms with van der Waals surface area (Å²) in [5, 5.41) is 0.734. The third-order valence-electron chi connectivity index (χ3n) is 2.90.